The van der Waals surface area contributed by atoms with E-state index in [1.807, 2.05) is 24.3 Å². The lowest BCUT2D eigenvalue weighted by molar-refractivity contribution is 0.0442. The zero-order chi connectivity index (χ0) is 18.8. The summed E-state index contributed by atoms with van der Waals surface area (Å²) in [5.74, 6) is 1.04. The van der Waals surface area contributed by atoms with Crippen molar-refractivity contribution >= 4 is 10.0 Å². The summed E-state index contributed by atoms with van der Waals surface area (Å²) in [5.41, 5.74) is 0.713. The monoisotopic (exact) mass is 375 g/mol. The molecular formula is C20H25NO4S. The molecular weight excluding hydrogens is 350 g/mol. The fraction of sp³-hybridized carbons (Fsp3) is 0.400. The number of hydrogen-bond donors (Lipinski definition) is 2. The molecule has 0 amide bonds. The van der Waals surface area contributed by atoms with E-state index in [-0.39, 0.29) is 11.4 Å². The van der Waals surface area contributed by atoms with Crippen LogP contribution in [0.2, 0.25) is 0 Å². The second kappa shape index (κ2) is 7.39. The second-order valence-electron chi connectivity index (χ2n) is 7.19. The molecule has 6 heteroatoms. The fourth-order valence-electron chi connectivity index (χ4n) is 3.13. The zero-order valence-corrected chi connectivity index (χ0v) is 15.9. The van der Waals surface area contributed by atoms with Crippen molar-refractivity contribution in [2.75, 3.05) is 13.2 Å². The Morgan fingerprint density at radius 1 is 1.15 bits per heavy atom. The van der Waals surface area contributed by atoms with Crippen molar-refractivity contribution in [2.24, 2.45) is 5.92 Å². The number of sulfonamides is 1. The molecule has 0 aromatic heterocycles. The maximum Gasteiger partial charge on any atom is 0.240 e. The van der Waals surface area contributed by atoms with Crippen LogP contribution in [-0.2, 0) is 22.0 Å². The van der Waals surface area contributed by atoms with Gasteiger partial charge in [-0.05, 0) is 54.2 Å². The first kappa shape index (κ1) is 18.9. The minimum atomic E-state index is -3.70. The average Bonchev–Trinajstić information content (AvgIpc) is 2.97. The third-order valence-electron chi connectivity index (χ3n) is 4.60. The van der Waals surface area contributed by atoms with Crippen LogP contribution in [0, 0.1) is 5.92 Å². The third kappa shape index (κ3) is 4.09. The fourth-order valence-corrected chi connectivity index (χ4v) is 4.22. The Labute approximate surface area is 155 Å². The highest BCUT2D eigenvalue weighted by Crippen LogP contribution is 2.36. The molecule has 0 saturated carbocycles. The van der Waals surface area contributed by atoms with Crippen molar-refractivity contribution in [2.45, 2.75) is 37.2 Å². The van der Waals surface area contributed by atoms with Crippen molar-refractivity contribution in [3.8, 4) is 5.75 Å². The lowest BCUT2D eigenvalue weighted by Gasteiger charge is -2.24. The number of aryl methyl sites for hydroxylation is 1. The van der Waals surface area contributed by atoms with E-state index in [0.717, 1.165) is 17.5 Å². The highest BCUT2D eigenvalue weighted by Gasteiger charge is 2.37. The molecule has 0 radical (unpaired) electrons. The Morgan fingerprint density at radius 2 is 1.85 bits per heavy atom. The third-order valence-corrected chi connectivity index (χ3v) is 6.02. The van der Waals surface area contributed by atoms with Crippen molar-refractivity contribution in [1.29, 1.82) is 0 Å². The highest BCUT2D eigenvalue weighted by molar-refractivity contribution is 7.89. The van der Waals surface area contributed by atoms with Gasteiger partial charge in [-0.1, -0.05) is 38.1 Å². The van der Waals surface area contributed by atoms with Gasteiger partial charge >= 0.3 is 0 Å². The lowest BCUT2D eigenvalue weighted by atomic mass is 9.96. The van der Waals surface area contributed by atoms with E-state index in [9.17, 15) is 13.5 Å². The molecule has 1 aliphatic carbocycles. The minimum absolute atomic E-state index is 0.0437. The van der Waals surface area contributed by atoms with E-state index in [2.05, 4.69) is 18.6 Å². The molecule has 0 spiro atoms. The van der Waals surface area contributed by atoms with Crippen molar-refractivity contribution < 1.29 is 18.3 Å². The molecule has 140 valence electrons. The van der Waals surface area contributed by atoms with Crippen LogP contribution >= 0.6 is 0 Å². The molecule has 0 aliphatic heterocycles. The summed E-state index contributed by atoms with van der Waals surface area (Å²) in [6.07, 6.45) is 1.26. The molecule has 0 fully saturated rings. The van der Waals surface area contributed by atoms with Crippen LogP contribution in [-0.4, -0.2) is 26.7 Å². The Hall–Kier alpha value is -1.89. The van der Waals surface area contributed by atoms with Crippen molar-refractivity contribution in [3.05, 3.63) is 59.7 Å². The van der Waals surface area contributed by atoms with E-state index in [1.165, 1.54) is 12.1 Å². The van der Waals surface area contributed by atoms with Gasteiger partial charge in [0.25, 0.3) is 0 Å². The summed E-state index contributed by atoms with van der Waals surface area (Å²) >= 11 is 0. The molecule has 0 saturated heterocycles. The van der Waals surface area contributed by atoms with Crippen molar-refractivity contribution in [1.82, 2.24) is 4.72 Å². The van der Waals surface area contributed by atoms with Gasteiger partial charge in [-0.2, -0.15) is 0 Å². The maximum absolute atomic E-state index is 12.6. The molecule has 2 N–H and O–H groups in total. The topological polar surface area (TPSA) is 75.6 Å². The van der Waals surface area contributed by atoms with Crippen LogP contribution in [0.25, 0.3) is 0 Å². The first-order chi connectivity index (χ1) is 12.3. The first-order valence-electron chi connectivity index (χ1n) is 8.83. The van der Waals surface area contributed by atoms with Gasteiger partial charge < -0.3 is 9.84 Å². The van der Waals surface area contributed by atoms with Gasteiger partial charge in [0.15, 0.2) is 0 Å². The molecule has 5 nitrogen and oxygen atoms in total. The number of benzene rings is 2. The quantitative estimate of drug-likeness (QED) is 0.780. The van der Waals surface area contributed by atoms with E-state index < -0.39 is 15.6 Å². The van der Waals surface area contributed by atoms with Crippen molar-refractivity contribution in [3.63, 3.8) is 0 Å². The summed E-state index contributed by atoms with van der Waals surface area (Å²) in [5, 5.41) is 10.9. The summed E-state index contributed by atoms with van der Waals surface area (Å²) in [7, 11) is -3.70. The summed E-state index contributed by atoms with van der Waals surface area (Å²) in [6, 6.07) is 14.0. The second-order valence-corrected chi connectivity index (χ2v) is 8.96. The predicted molar refractivity (Wildman–Crippen MR) is 101 cm³/mol. The SMILES string of the molecule is CC(C)COc1ccc(S(=O)(=O)NCC2(O)CCc3ccccc32)cc1. The molecule has 26 heavy (non-hydrogen) atoms. The predicted octanol–water partition coefficient (Wildman–Crippen LogP) is 2.83. The summed E-state index contributed by atoms with van der Waals surface area (Å²) in [6.45, 7) is 4.64. The molecule has 0 bridgehead atoms. The normalized spacial score (nSPS) is 19.5. The number of aliphatic hydroxyl groups is 1. The molecule has 0 heterocycles. The van der Waals surface area contributed by atoms with Gasteiger partial charge in [0.2, 0.25) is 10.0 Å². The minimum Gasteiger partial charge on any atom is -0.493 e. The Morgan fingerprint density at radius 3 is 2.54 bits per heavy atom. The van der Waals surface area contributed by atoms with Crippen LogP contribution in [0.15, 0.2) is 53.4 Å². The van der Waals surface area contributed by atoms with Gasteiger partial charge in [-0.3, -0.25) is 0 Å². The summed E-state index contributed by atoms with van der Waals surface area (Å²) in [4.78, 5) is 0.157. The summed E-state index contributed by atoms with van der Waals surface area (Å²) < 4.78 is 33.2. The standard InChI is InChI=1S/C20H25NO4S/c1-15(2)13-25-17-7-9-18(10-8-17)26(23,24)21-14-20(22)12-11-16-5-3-4-6-19(16)20/h3-10,15,21-22H,11-14H2,1-2H3. The molecule has 2 aromatic rings. The lowest BCUT2D eigenvalue weighted by Crippen LogP contribution is -2.39. The molecule has 1 aliphatic rings. The number of nitrogens with one attached hydrogen (secondary N) is 1. The maximum atomic E-state index is 12.6. The van der Waals surface area contributed by atoms with E-state index >= 15 is 0 Å². The van der Waals surface area contributed by atoms with Gasteiger partial charge in [0.1, 0.15) is 11.4 Å². The van der Waals surface area contributed by atoms with Gasteiger partial charge in [0.05, 0.1) is 11.5 Å². The zero-order valence-electron chi connectivity index (χ0n) is 15.1. The molecule has 1 unspecified atom stereocenters. The smallest absolute Gasteiger partial charge is 0.240 e. The van der Waals surface area contributed by atoms with Crippen LogP contribution in [0.4, 0.5) is 0 Å². The van der Waals surface area contributed by atoms with Crippen LogP contribution in [0.1, 0.15) is 31.4 Å². The highest BCUT2D eigenvalue weighted by atomic mass is 32.2. The van der Waals surface area contributed by atoms with Gasteiger partial charge in [-0.25, -0.2) is 13.1 Å². The molecule has 1 atom stereocenters. The van der Waals surface area contributed by atoms with Gasteiger partial charge in [-0.15, -0.1) is 0 Å². The Balaban J connectivity index is 1.68. The van der Waals surface area contributed by atoms with E-state index in [1.54, 1.807) is 12.1 Å². The van der Waals surface area contributed by atoms with Crippen LogP contribution < -0.4 is 9.46 Å². The Kier molecular flexibility index (Phi) is 5.37. The van der Waals surface area contributed by atoms with E-state index in [0.29, 0.717) is 24.7 Å². The number of ether oxygens (including phenoxy) is 1. The largest absolute Gasteiger partial charge is 0.493 e. The van der Waals surface area contributed by atoms with Gasteiger partial charge in [0, 0.05) is 6.54 Å². The van der Waals surface area contributed by atoms with E-state index in [4.69, 9.17) is 4.74 Å². The first-order valence-corrected chi connectivity index (χ1v) is 10.3. The average molecular weight is 375 g/mol. The number of rotatable bonds is 7. The number of fused-ring (bicyclic) bond motifs is 1. The van der Waals surface area contributed by atoms with Crippen LogP contribution in [0.3, 0.4) is 0 Å². The Bertz CT molecular complexity index is 862. The van der Waals surface area contributed by atoms with Crippen LogP contribution in [0.5, 0.6) is 5.75 Å². The molecule has 3 rings (SSSR count). The number of hydrogen-bond acceptors (Lipinski definition) is 4. The molecule has 2 aromatic carbocycles.